The van der Waals surface area contributed by atoms with Crippen molar-refractivity contribution in [2.45, 2.75) is 32.3 Å². The van der Waals surface area contributed by atoms with Crippen molar-refractivity contribution in [2.24, 2.45) is 0 Å². The maximum absolute atomic E-state index is 13.9. The maximum atomic E-state index is 13.9. The quantitative estimate of drug-likeness (QED) is 0.591. The predicted octanol–water partition coefficient (Wildman–Crippen LogP) is 5.26. The number of aromatic nitrogens is 1. The SMILES string of the molecule is O=C(OCc1c(F)cccc1Cl)c1c2c(nc3ccccc13)CCCC2. The standard InChI is InChI=1S/C21H17ClFNO2/c22-16-8-5-9-17(23)15(16)12-26-21(25)20-13-6-1-3-10-18(13)24-19-11-4-2-7-14(19)20/h1,3,5-6,8-10H,2,4,7,11-12H2. The minimum absolute atomic E-state index is 0.190. The fourth-order valence-electron chi connectivity index (χ4n) is 3.49. The van der Waals surface area contributed by atoms with Gasteiger partial charge >= 0.3 is 5.97 Å². The van der Waals surface area contributed by atoms with E-state index in [0.29, 0.717) is 5.56 Å². The first-order chi connectivity index (χ1) is 12.6. The Balaban J connectivity index is 1.72. The van der Waals surface area contributed by atoms with Crippen LogP contribution in [0.4, 0.5) is 4.39 Å². The molecule has 1 aromatic heterocycles. The number of nitrogens with zero attached hydrogens (tertiary/aromatic N) is 1. The molecule has 2 aromatic carbocycles. The maximum Gasteiger partial charge on any atom is 0.339 e. The Morgan fingerprint density at radius 3 is 2.77 bits per heavy atom. The number of fused-ring (bicyclic) bond motifs is 2. The number of para-hydroxylation sites is 1. The summed E-state index contributed by atoms with van der Waals surface area (Å²) in [5.74, 6) is -0.937. The van der Waals surface area contributed by atoms with Crippen molar-refractivity contribution < 1.29 is 13.9 Å². The summed E-state index contributed by atoms with van der Waals surface area (Å²) in [5, 5.41) is 1.03. The van der Waals surface area contributed by atoms with Gasteiger partial charge in [-0.15, -0.1) is 0 Å². The number of carbonyl (C=O) groups excluding carboxylic acids is 1. The van der Waals surface area contributed by atoms with E-state index in [1.807, 2.05) is 24.3 Å². The Hall–Kier alpha value is -2.46. The fourth-order valence-corrected chi connectivity index (χ4v) is 3.70. The molecule has 26 heavy (non-hydrogen) atoms. The first kappa shape index (κ1) is 17.0. The smallest absolute Gasteiger partial charge is 0.339 e. The molecule has 0 saturated heterocycles. The Labute approximate surface area is 155 Å². The zero-order valence-electron chi connectivity index (χ0n) is 14.1. The topological polar surface area (TPSA) is 39.2 Å². The average Bonchev–Trinajstić information content (AvgIpc) is 2.65. The molecular formula is C21H17ClFNO2. The lowest BCUT2D eigenvalue weighted by Crippen LogP contribution is -2.16. The molecule has 4 rings (SSSR count). The van der Waals surface area contributed by atoms with Crippen molar-refractivity contribution in [3.63, 3.8) is 0 Å². The molecule has 1 aliphatic carbocycles. The summed E-state index contributed by atoms with van der Waals surface area (Å²) in [4.78, 5) is 17.6. The summed E-state index contributed by atoms with van der Waals surface area (Å²) in [7, 11) is 0. The van der Waals surface area contributed by atoms with Gasteiger partial charge in [0.1, 0.15) is 12.4 Å². The number of carbonyl (C=O) groups is 1. The molecule has 1 heterocycles. The van der Waals surface area contributed by atoms with Gasteiger partial charge in [-0.25, -0.2) is 9.18 Å². The molecule has 5 heteroatoms. The van der Waals surface area contributed by atoms with Gasteiger partial charge in [0, 0.05) is 16.6 Å². The van der Waals surface area contributed by atoms with Gasteiger partial charge in [-0.05, 0) is 49.4 Å². The highest BCUT2D eigenvalue weighted by Gasteiger charge is 2.24. The third-order valence-electron chi connectivity index (χ3n) is 4.78. The summed E-state index contributed by atoms with van der Waals surface area (Å²) in [6, 6.07) is 12.0. The van der Waals surface area contributed by atoms with E-state index < -0.39 is 11.8 Å². The highest BCUT2D eigenvalue weighted by Crippen LogP contribution is 2.30. The molecule has 3 nitrogen and oxygen atoms in total. The van der Waals surface area contributed by atoms with Crippen LogP contribution in [0.3, 0.4) is 0 Å². The van der Waals surface area contributed by atoms with Crippen LogP contribution < -0.4 is 0 Å². The number of ether oxygens (including phenoxy) is 1. The number of hydrogen-bond donors (Lipinski definition) is 0. The molecule has 3 aromatic rings. The van der Waals surface area contributed by atoms with E-state index in [-0.39, 0.29) is 17.2 Å². The van der Waals surface area contributed by atoms with Crippen molar-refractivity contribution in [1.29, 1.82) is 0 Å². The van der Waals surface area contributed by atoms with Gasteiger partial charge in [0.2, 0.25) is 0 Å². The minimum atomic E-state index is -0.480. The molecule has 0 spiro atoms. The zero-order valence-corrected chi connectivity index (χ0v) is 14.9. The van der Waals surface area contributed by atoms with Crippen molar-refractivity contribution in [3.8, 4) is 0 Å². The molecule has 0 unspecified atom stereocenters. The van der Waals surface area contributed by atoms with Crippen LogP contribution in [-0.2, 0) is 24.2 Å². The van der Waals surface area contributed by atoms with Gasteiger partial charge < -0.3 is 4.74 Å². The summed E-state index contributed by atoms with van der Waals surface area (Å²) in [6.07, 6.45) is 3.75. The predicted molar refractivity (Wildman–Crippen MR) is 98.9 cm³/mol. The van der Waals surface area contributed by atoms with E-state index in [4.69, 9.17) is 21.3 Å². The molecule has 0 amide bonds. The lowest BCUT2D eigenvalue weighted by molar-refractivity contribution is 0.0469. The Morgan fingerprint density at radius 2 is 1.92 bits per heavy atom. The van der Waals surface area contributed by atoms with Gasteiger partial charge in [-0.2, -0.15) is 0 Å². The third-order valence-corrected chi connectivity index (χ3v) is 5.14. The lowest BCUT2D eigenvalue weighted by atomic mass is 9.90. The number of esters is 1. The minimum Gasteiger partial charge on any atom is -0.457 e. The number of pyridine rings is 1. The van der Waals surface area contributed by atoms with Crippen LogP contribution in [0.15, 0.2) is 42.5 Å². The Morgan fingerprint density at radius 1 is 1.12 bits per heavy atom. The molecular weight excluding hydrogens is 353 g/mol. The number of hydrogen-bond acceptors (Lipinski definition) is 3. The van der Waals surface area contributed by atoms with Crippen LogP contribution in [-0.4, -0.2) is 11.0 Å². The first-order valence-corrected chi connectivity index (χ1v) is 9.03. The number of rotatable bonds is 3. The molecule has 1 aliphatic rings. The summed E-state index contributed by atoms with van der Waals surface area (Å²) in [5.41, 5.74) is 3.45. The van der Waals surface area contributed by atoms with Gasteiger partial charge in [0.05, 0.1) is 16.1 Å². The first-order valence-electron chi connectivity index (χ1n) is 8.65. The molecule has 132 valence electrons. The van der Waals surface area contributed by atoms with Gasteiger partial charge in [0.15, 0.2) is 0 Å². The molecule has 0 atom stereocenters. The van der Waals surface area contributed by atoms with Crippen molar-refractivity contribution in [2.75, 3.05) is 0 Å². The highest BCUT2D eigenvalue weighted by atomic mass is 35.5. The van der Waals surface area contributed by atoms with Crippen molar-refractivity contribution in [3.05, 3.63) is 75.7 Å². The van der Waals surface area contributed by atoms with E-state index in [1.54, 1.807) is 6.07 Å². The van der Waals surface area contributed by atoms with E-state index in [9.17, 15) is 9.18 Å². The second-order valence-electron chi connectivity index (χ2n) is 6.41. The molecule has 0 radical (unpaired) electrons. The lowest BCUT2D eigenvalue weighted by Gasteiger charge is -2.20. The molecule has 0 saturated carbocycles. The van der Waals surface area contributed by atoms with E-state index in [2.05, 4.69) is 0 Å². The Kier molecular flexibility index (Phi) is 4.60. The number of halogens is 2. The van der Waals surface area contributed by atoms with E-state index in [1.165, 1.54) is 12.1 Å². The van der Waals surface area contributed by atoms with Crippen LogP contribution in [0, 0.1) is 5.82 Å². The van der Waals surface area contributed by atoms with Crippen LogP contribution in [0.1, 0.15) is 40.0 Å². The zero-order chi connectivity index (χ0) is 18.1. The van der Waals surface area contributed by atoms with Gasteiger partial charge in [0.25, 0.3) is 0 Å². The average molecular weight is 370 g/mol. The van der Waals surface area contributed by atoms with Crippen LogP contribution in [0.25, 0.3) is 10.9 Å². The summed E-state index contributed by atoms with van der Waals surface area (Å²) in [6.45, 7) is -0.199. The molecule has 0 N–H and O–H groups in total. The summed E-state index contributed by atoms with van der Waals surface area (Å²) >= 11 is 6.03. The highest BCUT2D eigenvalue weighted by molar-refractivity contribution is 6.31. The normalized spacial score (nSPS) is 13.5. The second-order valence-corrected chi connectivity index (χ2v) is 6.82. The third kappa shape index (κ3) is 3.06. The molecule has 0 aliphatic heterocycles. The molecule has 0 bridgehead atoms. The van der Waals surface area contributed by atoms with Crippen LogP contribution >= 0.6 is 11.6 Å². The van der Waals surface area contributed by atoms with Crippen molar-refractivity contribution in [1.82, 2.24) is 4.98 Å². The molecule has 0 fully saturated rings. The van der Waals surface area contributed by atoms with Crippen molar-refractivity contribution >= 4 is 28.5 Å². The van der Waals surface area contributed by atoms with Crippen LogP contribution in [0.5, 0.6) is 0 Å². The van der Waals surface area contributed by atoms with Gasteiger partial charge in [-0.1, -0.05) is 35.9 Å². The summed E-state index contributed by atoms with van der Waals surface area (Å²) < 4.78 is 19.4. The monoisotopic (exact) mass is 369 g/mol. The van der Waals surface area contributed by atoms with E-state index in [0.717, 1.165) is 47.8 Å². The Bertz CT molecular complexity index is 982. The number of aryl methyl sites for hydroxylation is 1. The number of benzene rings is 2. The fraction of sp³-hybridized carbons (Fsp3) is 0.238. The van der Waals surface area contributed by atoms with E-state index >= 15 is 0 Å². The van der Waals surface area contributed by atoms with Crippen LogP contribution in [0.2, 0.25) is 5.02 Å². The largest absolute Gasteiger partial charge is 0.457 e. The van der Waals surface area contributed by atoms with Gasteiger partial charge in [-0.3, -0.25) is 4.98 Å². The second kappa shape index (κ2) is 7.04.